The van der Waals surface area contributed by atoms with Crippen LogP contribution in [0, 0.1) is 13.8 Å². The van der Waals surface area contributed by atoms with Crippen LogP contribution in [0.25, 0.3) is 0 Å². The Morgan fingerprint density at radius 2 is 1.85 bits per heavy atom. The molecule has 2 amide bonds. The number of amides is 2. The predicted octanol–water partition coefficient (Wildman–Crippen LogP) is 1.32. The molecule has 0 aliphatic carbocycles. The molecular formula is C18H27N3O5S. The highest BCUT2D eigenvalue weighted by Crippen LogP contribution is 2.14. The predicted molar refractivity (Wildman–Crippen MR) is 101 cm³/mol. The Hall–Kier alpha value is -2.13. The summed E-state index contributed by atoms with van der Waals surface area (Å²) in [5.74, 6) is -0.392. The lowest BCUT2D eigenvalue weighted by Gasteiger charge is -2.31. The first-order valence-electron chi connectivity index (χ1n) is 9.01. The van der Waals surface area contributed by atoms with Gasteiger partial charge in [0.15, 0.2) is 0 Å². The van der Waals surface area contributed by atoms with Gasteiger partial charge in [0.1, 0.15) is 0 Å². The number of likely N-dealkylation sites (tertiary alicyclic amines) is 1. The van der Waals surface area contributed by atoms with E-state index in [2.05, 4.69) is 10.0 Å². The van der Waals surface area contributed by atoms with Gasteiger partial charge in [-0.05, 0) is 56.9 Å². The van der Waals surface area contributed by atoms with Gasteiger partial charge < -0.3 is 15.0 Å². The van der Waals surface area contributed by atoms with Crippen LogP contribution in [0.4, 0.5) is 4.79 Å². The molecule has 1 aliphatic heterocycles. The zero-order valence-electron chi connectivity index (χ0n) is 15.9. The number of hydrogen-bond acceptors (Lipinski definition) is 5. The van der Waals surface area contributed by atoms with E-state index < -0.39 is 15.9 Å². The Morgan fingerprint density at radius 1 is 1.19 bits per heavy atom. The molecule has 0 spiro atoms. The number of sulfonamides is 1. The van der Waals surface area contributed by atoms with Crippen molar-refractivity contribution in [1.29, 1.82) is 0 Å². The number of carbonyl (C=O) groups excluding carboxylic acids is 2. The number of carbonyl (C=O) groups is 2. The van der Waals surface area contributed by atoms with Crippen LogP contribution in [0.3, 0.4) is 0 Å². The summed E-state index contributed by atoms with van der Waals surface area (Å²) >= 11 is 0. The summed E-state index contributed by atoms with van der Waals surface area (Å²) in [7, 11) is -3.74. The van der Waals surface area contributed by atoms with E-state index in [1.807, 2.05) is 13.8 Å². The van der Waals surface area contributed by atoms with Crippen LogP contribution in [0.15, 0.2) is 23.1 Å². The Kier molecular flexibility index (Phi) is 7.20. The molecule has 1 aromatic carbocycles. The van der Waals surface area contributed by atoms with Crippen LogP contribution >= 0.6 is 0 Å². The summed E-state index contributed by atoms with van der Waals surface area (Å²) in [5.41, 5.74) is 1.87. The van der Waals surface area contributed by atoms with Crippen molar-refractivity contribution in [2.24, 2.45) is 0 Å². The molecule has 27 heavy (non-hydrogen) atoms. The normalized spacial score (nSPS) is 15.4. The lowest BCUT2D eigenvalue weighted by Crippen LogP contribution is -2.48. The third-order valence-corrected chi connectivity index (χ3v) is 6.00. The summed E-state index contributed by atoms with van der Waals surface area (Å²) in [6.45, 7) is 6.49. The van der Waals surface area contributed by atoms with Crippen LogP contribution in [0.2, 0.25) is 0 Å². The molecule has 9 heteroatoms. The number of nitrogens with one attached hydrogen (secondary N) is 2. The van der Waals surface area contributed by atoms with Gasteiger partial charge in [0.2, 0.25) is 15.9 Å². The molecule has 1 fully saturated rings. The number of nitrogens with zero attached hydrogens (tertiary/aromatic N) is 1. The number of rotatable bonds is 6. The first-order chi connectivity index (χ1) is 12.7. The van der Waals surface area contributed by atoms with E-state index in [9.17, 15) is 18.0 Å². The standard InChI is InChI=1S/C18H27N3O5S/c1-4-26-18(23)21-9-7-15(8-10-21)20-17(22)12-19-27(24,25)16-6-5-13(2)14(3)11-16/h5-6,11,15,19H,4,7-10,12H2,1-3H3,(H,20,22). The van der Waals surface area contributed by atoms with Gasteiger partial charge in [-0.1, -0.05) is 6.07 Å². The van der Waals surface area contributed by atoms with E-state index in [-0.39, 0.29) is 23.6 Å². The molecule has 0 saturated carbocycles. The second kappa shape index (κ2) is 9.18. The lowest BCUT2D eigenvalue weighted by molar-refractivity contribution is -0.120. The number of ether oxygens (including phenoxy) is 1. The quantitative estimate of drug-likeness (QED) is 0.753. The molecule has 0 radical (unpaired) electrons. The van der Waals surface area contributed by atoms with Crippen molar-refractivity contribution in [1.82, 2.24) is 14.9 Å². The fourth-order valence-corrected chi connectivity index (χ4v) is 3.89. The average Bonchev–Trinajstić information content (AvgIpc) is 2.63. The van der Waals surface area contributed by atoms with Gasteiger partial charge >= 0.3 is 6.09 Å². The van der Waals surface area contributed by atoms with Gasteiger partial charge in [0.25, 0.3) is 0 Å². The highest BCUT2D eigenvalue weighted by molar-refractivity contribution is 7.89. The SMILES string of the molecule is CCOC(=O)N1CCC(NC(=O)CNS(=O)(=O)c2ccc(C)c(C)c2)CC1. The highest BCUT2D eigenvalue weighted by Gasteiger charge is 2.25. The van der Waals surface area contributed by atoms with Crippen molar-refractivity contribution in [2.45, 2.75) is 44.6 Å². The monoisotopic (exact) mass is 397 g/mol. The third-order valence-electron chi connectivity index (χ3n) is 4.60. The van der Waals surface area contributed by atoms with E-state index in [4.69, 9.17) is 4.74 Å². The van der Waals surface area contributed by atoms with Crippen molar-refractivity contribution in [2.75, 3.05) is 26.2 Å². The Bertz CT molecular complexity index is 786. The van der Waals surface area contributed by atoms with Gasteiger partial charge in [0.05, 0.1) is 18.0 Å². The zero-order valence-corrected chi connectivity index (χ0v) is 16.8. The molecule has 0 atom stereocenters. The minimum Gasteiger partial charge on any atom is -0.450 e. The number of benzene rings is 1. The molecule has 0 bridgehead atoms. The minimum absolute atomic E-state index is 0.0886. The summed E-state index contributed by atoms with van der Waals surface area (Å²) < 4.78 is 31.9. The summed E-state index contributed by atoms with van der Waals surface area (Å²) in [4.78, 5) is 25.5. The van der Waals surface area contributed by atoms with E-state index in [1.165, 1.54) is 6.07 Å². The largest absolute Gasteiger partial charge is 0.450 e. The van der Waals surface area contributed by atoms with Crippen LogP contribution in [0.5, 0.6) is 0 Å². The molecule has 1 saturated heterocycles. The second-order valence-electron chi connectivity index (χ2n) is 6.60. The molecule has 1 heterocycles. The molecular weight excluding hydrogens is 370 g/mol. The van der Waals surface area contributed by atoms with E-state index in [0.717, 1.165) is 11.1 Å². The molecule has 1 aliphatic rings. The van der Waals surface area contributed by atoms with Crippen molar-refractivity contribution in [3.63, 3.8) is 0 Å². The van der Waals surface area contributed by atoms with Crippen molar-refractivity contribution in [3.05, 3.63) is 29.3 Å². The van der Waals surface area contributed by atoms with E-state index in [1.54, 1.807) is 24.0 Å². The maximum atomic E-state index is 12.3. The van der Waals surface area contributed by atoms with Gasteiger partial charge in [-0.25, -0.2) is 17.9 Å². The molecule has 150 valence electrons. The van der Waals surface area contributed by atoms with Gasteiger partial charge in [-0.2, -0.15) is 0 Å². The zero-order chi connectivity index (χ0) is 20.0. The maximum absolute atomic E-state index is 12.3. The topological polar surface area (TPSA) is 105 Å². The Morgan fingerprint density at radius 3 is 2.44 bits per heavy atom. The fraction of sp³-hybridized carbons (Fsp3) is 0.556. The number of aryl methyl sites for hydroxylation is 2. The number of hydrogen-bond donors (Lipinski definition) is 2. The van der Waals surface area contributed by atoms with Crippen molar-refractivity contribution >= 4 is 22.0 Å². The minimum atomic E-state index is -3.74. The molecule has 2 N–H and O–H groups in total. The van der Waals surface area contributed by atoms with Crippen LogP contribution in [-0.2, 0) is 19.6 Å². The molecule has 8 nitrogen and oxygen atoms in total. The van der Waals surface area contributed by atoms with E-state index >= 15 is 0 Å². The second-order valence-corrected chi connectivity index (χ2v) is 8.37. The smallest absolute Gasteiger partial charge is 0.409 e. The molecule has 0 aromatic heterocycles. The van der Waals surface area contributed by atoms with Gasteiger partial charge in [-0.3, -0.25) is 4.79 Å². The van der Waals surface area contributed by atoms with Crippen molar-refractivity contribution < 1.29 is 22.7 Å². The first-order valence-corrected chi connectivity index (χ1v) is 10.5. The molecule has 2 rings (SSSR count). The van der Waals surface area contributed by atoms with Crippen molar-refractivity contribution in [3.8, 4) is 0 Å². The number of piperidine rings is 1. The van der Waals surface area contributed by atoms with E-state index in [0.29, 0.717) is 32.5 Å². The summed E-state index contributed by atoms with van der Waals surface area (Å²) in [6, 6.07) is 4.75. The van der Waals surface area contributed by atoms with Gasteiger partial charge in [-0.15, -0.1) is 0 Å². The summed E-state index contributed by atoms with van der Waals surface area (Å²) in [5, 5.41) is 2.81. The van der Waals surface area contributed by atoms with Crippen LogP contribution < -0.4 is 10.0 Å². The summed E-state index contributed by atoms with van der Waals surface area (Å²) in [6.07, 6.45) is 0.867. The maximum Gasteiger partial charge on any atom is 0.409 e. The Balaban J connectivity index is 1.81. The van der Waals surface area contributed by atoms with Crippen LogP contribution in [0.1, 0.15) is 30.9 Å². The highest BCUT2D eigenvalue weighted by atomic mass is 32.2. The third kappa shape index (κ3) is 5.93. The molecule has 0 unspecified atom stereocenters. The van der Waals surface area contributed by atoms with Crippen LogP contribution in [-0.4, -0.2) is 57.6 Å². The lowest BCUT2D eigenvalue weighted by atomic mass is 10.1. The first kappa shape index (κ1) is 21.2. The fourth-order valence-electron chi connectivity index (χ4n) is 2.82. The average molecular weight is 397 g/mol. The van der Waals surface area contributed by atoms with Gasteiger partial charge in [0, 0.05) is 19.1 Å². The Labute approximate surface area is 160 Å². The molecule has 1 aromatic rings.